The molecule has 0 saturated carbocycles. The van der Waals surface area contributed by atoms with Crippen LogP contribution in [0.1, 0.15) is 12.0 Å². The Balaban J connectivity index is 1.57. The monoisotopic (exact) mass is 598 g/mol. The van der Waals surface area contributed by atoms with Gasteiger partial charge in [0.15, 0.2) is 0 Å². The number of amides is 2. The third-order valence-electron chi connectivity index (χ3n) is 6.01. The Morgan fingerprint density at radius 3 is 2.71 bits per heavy atom. The van der Waals surface area contributed by atoms with Crippen molar-refractivity contribution < 1.29 is 32.2 Å². The molecule has 1 aliphatic heterocycles. The summed E-state index contributed by atoms with van der Waals surface area (Å²) in [6, 6.07) is 5.89. The standard InChI is InChI=1S/C24H25F3N6O4Se/c1-36-21-17(24(25,26)27)8-14(9-29-21)13-3-4-18-16(7-13)20(31-12-30-18)32-15-5-6-33(10-15)22(34)19(11-38-2)37-23(28)35/h3-4,7-9,12,15,19H,5-6,10-11H2,1-2H3,(H2,28,35)(H,30,31,32)/t15-,19-/m0/s1. The van der Waals surface area contributed by atoms with Crippen LogP contribution >= 0.6 is 0 Å². The van der Waals surface area contributed by atoms with E-state index in [2.05, 4.69) is 20.3 Å². The zero-order valence-corrected chi connectivity index (χ0v) is 22.2. The van der Waals surface area contributed by atoms with Gasteiger partial charge in [-0.25, -0.2) is 4.98 Å². The van der Waals surface area contributed by atoms with Gasteiger partial charge >= 0.3 is 169 Å². The van der Waals surface area contributed by atoms with E-state index >= 15 is 0 Å². The molecule has 0 radical (unpaired) electrons. The van der Waals surface area contributed by atoms with Crippen LogP contribution in [0, 0.1) is 0 Å². The van der Waals surface area contributed by atoms with Gasteiger partial charge in [-0.05, 0) is 6.07 Å². The van der Waals surface area contributed by atoms with Gasteiger partial charge in [0, 0.05) is 6.20 Å². The van der Waals surface area contributed by atoms with Gasteiger partial charge in [0.25, 0.3) is 0 Å². The molecule has 0 aliphatic carbocycles. The number of carbonyl (C=O) groups is 2. The Morgan fingerprint density at radius 2 is 2.03 bits per heavy atom. The summed E-state index contributed by atoms with van der Waals surface area (Å²) in [5.41, 5.74) is 5.49. The van der Waals surface area contributed by atoms with Crippen LogP contribution in [0.25, 0.3) is 22.0 Å². The number of anilines is 1. The van der Waals surface area contributed by atoms with Gasteiger partial charge in [-0.3, -0.25) is 0 Å². The number of nitrogens with zero attached hydrogens (tertiary/aromatic N) is 4. The molecule has 2 amide bonds. The van der Waals surface area contributed by atoms with Crippen molar-refractivity contribution >= 4 is 43.7 Å². The van der Waals surface area contributed by atoms with E-state index in [-0.39, 0.29) is 32.5 Å². The second kappa shape index (κ2) is 11.4. The van der Waals surface area contributed by atoms with Gasteiger partial charge in [0.05, 0.1) is 7.11 Å². The number of alkyl halides is 3. The van der Waals surface area contributed by atoms with Crippen molar-refractivity contribution in [2.75, 3.05) is 25.5 Å². The van der Waals surface area contributed by atoms with Gasteiger partial charge < -0.3 is 4.74 Å². The van der Waals surface area contributed by atoms with Gasteiger partial charge in [-0.15, -0.1) is 0 Å². The van der Waals surface area contributed by atoms with E-state index in [0.717, 1.165) is 13.2 Å². The predicted molar refractivity (Wildman–Crippen MR) is 134 cm³/mol. The molecule has 1 aliphatic rings. The van der Waals surface area contributed by atoms with Crippen LogP contribution in [-0.2, 0) is 15.7 Å². The Bertz CT molecular complexity index is 1340. The molecular formula is C24H25F3N6O4Se. The van der Waals surface area contributed by atoms with Crippen molar-refractivity contribution in [1.82, 2.24) is 19.9 Å². The number of hydrogen-bond donors (Lipinski definition) is 2. The fourth-order valence-corrected chi connectivity index (χ4v) is 5.33. The van der Waals surface area contributed by atoms with E-state index < -0.39 is 29.8 Å². The van der Waals surface area contributed by atoms with E-state index in [4.69, 9.17) is 15.2 Å². The molecule has 1 saturated heterocycles. The Labute approximate surface area is 222 Å². The normalized spacial score (nSPS) is 16.3. The second-order valence-corrected chi connectivity index (χ2v) is 10.4. The smallest absolute Gasteiger partial charge is 0.166 e. The minimum Gasteiger partial charge on any atom is -0.166 e. The molecule has 0 bridgehead atoms. The predicted octanol–water partition coefficient (Wildman–Crippen LogP) is 3.37. The fourth-order valence-electron chi connectivity index (χ4n) is 4.25. The third kappa shape index (κ3) is 6.08. The Kier molecular flexibility index (Phi) is 8.22. The first-order valence-electron chi connectivity index (χ1n) is 11.5. The maximum atomic E-state index is 13.5. The van der Waals surface area contributed by atoms with Crippen molar-refractivity contribution in [2.24, 2.45) is 5.73 Å². The molecule has 2 atom stereocenters. The first kappa shape index (κ1) is 27.4. The number of aromatic nitrogens is 3. The minimum atomic E-state index is -4.63. The SMILES string of the molecule is COc1ncc(-c2ccc3ncnc(N[C@H]4CCN(C(=O)[C@H](C[Se]C)OC(N)=O)C4)c3c2)cc1C(F)(F)F. The molecule has 0 unspecified atom stereocenters. The Hall–Kier alpha value is -3.64. The fraction of sp³-hybridized carbons (Fsp3) is 0.375. The summed E-state index contributed by atoms with van der Waals surface area (Å²) in [6.07, 6.45) is -3.20. The van der Waals surface area contributed by atoms with Crippen LogP contribution in [0.3, 0.4) is 0 Å². The van der Waals surface area contributed by atoms with Crippen LogP contribution in [0.4, 0.5) is 23.8 Å². The van der Waals surface area contributed by atoms with Crippen molar-refractivity contribution in [3.63, 3.8) is 0 Å². The van der Waals surface area contributed by atoms with E-state index in [1.54, 1.807) is 23.1 Å². The number of primary amides is 1. The first-order chi connectivity index (χ1) is 18.1. The summed E-state index contributed by atoms with van der Waals surface area (Å²) in [4.78, 5) is 38.1. The topological polar surface area (TPSA) is 133 Å². The average molecular weight is 597 g/mol. The number of methoxy groups -OCH3 is 1. The molecule has 1 aromatic carbocycles. The minimum absolute atomic E-state index is 0.102. The van der Waals surface area contributed by atoms with Gasteiger partial charge in [-0.1, -0.05) is 0 Å². The molecule has 3 aromatic rings. The summed E-state index contributed by atoms with van der Waals surface area (Å²) >= 11 is 0.102. The average Bonchev–Trinajstić information content (AvgIpc) is 3.35. The van der Waals surface area contributed by atoms with Crippen molar-refractivity contribution in [2.45, 2.75) is 35.9 Å². The van der Waals surface area contributed by atoms with Gasteiger partial charge in [0.2, 0.25) is 5.88 Å². The van der Waals surface area contributed by atoms with E-state index in [0.29, 0.717) is 47.1 Å². The zero-order valence-electron chi connectivity index (χ0n) is 20.5. The number of likely N-dealkylation sites (tertiary alicyclic amines) is 1. The number of carbonyl (C=O) groups excluding carboxylic acids is 2. The molecule has 2 aromatic heterocycles. The van der Waals surface area contributed by atoms with E-state index in [9.17, 15) is 22.8 Å². The molecule has 1 fully saturated rings. The summed E-state index contributed by atoms with van der Waals surface area (Å²) < 4.78 is 50.3. The molecule has 202 valence electrons. The quantitative estimate of drug-likeness (QED) is 0.378. The molecule has 38 heavy (non-hydrogen) atoms. The number of fused-ring (bicyclic) bond motifs is 1. The molecular weight excluding hydrogens is 572 g/mol. The molecule has 4 rings (SSSR count). The van der Waals surface area contributed by atoms with Gasteiger partial charge in [0.1, 0.15) is 5.56 Å². The Morgan fingerprint density at radius 1 is 1.24 bits per heavy atom. The molecule has 3 N–H and O–H groups in total. The zero-order chi connectivity index (χ0) is 27.4. The maximum absolute atomic E-state index is 13.5. The summed E-state index contributed by atoms with van der Waals surface area (Å²) in [5, 5.41) is 4.35. The number of pyridine rings is 1. The van der Waals surface area contributed by atoms with Crippen LogP contribution in [0.2, 0.25) is 11.1 Å². The number of hydrogen-bond acceptors (Lipinski definition) is 8. The largest absolute Gasteiger partial charge is 0.421 e. The second-order valence-electron chi connectivity index (χ2n) is 8.53. The molecule has 14 heteroatoms. The number of nitrogens with one attached hydrogen (secondary N) is 1. The van der Waals surface area contributed by atoms with Crippen molar-refractivity contribution in [3.05, 3.63) is 42.4 Å². The number of nitrogens with two attached hydrogens (primary N) is 1. The summed E-state index contributed by atoms with van der Waals surface area (Å²) in [7, 11) is 1.13. The number of rotatable bonds is 8. The maximum Gasteiger partial charge on any atom is 0.421 e. The first-order valence-corrected chi connectivity index (χ1v) is 14.4. The molecule has 3 heterocycles. The molecule has 0 spiro atoms. The van der Waals surface area contributed by atoms with Crippen LogP contribution in [0.5, 0.6) is 5.88 Å². The molecule has 10 nitrogen and oxygen atoms in total. The van der Waals surface area contributed by atoms with Crippen LogP contribution in [0.15, 0.2) is 36.8 Å². The number of ether oxygens (including phenoxy) is 2. The summed E-state index contributed by atoms with van der Waals surface area (Å²) in [6.45, 7) is 0.814. The van der Waals surface area contributed by atoms with Crippen molar-refractivity contribution in [1.29, 1.82) is 0 Å². The summed E-state index contributed by atoms with van der Waals surface area (Å²) in [5.74, 6) is 1.62. The third-order valence-corrected chi connectivity index (χ3v) is 7.35. The van der Waals surface area contributed by atoms with Gasteiger partial charge in [-0.2, -0.15) is 13.2 Å². The van der Waals surface area contributed by atoms with Crippen molar-refractivity contribution in [3.8, 4) is 17.0 Å². The van der Waals surface area contributed by atoms with E-state index in [1.165, 1.54) is 12.5 Å². The van der Waals surface area contributed by atoms with Crippen LogP contribution in [-0.4, -0.2) is 79.2 Å². The number of halogens is 3. The number of benzene rings is 1. The van der Waals surface area contributed by atoms with Crippen LogP contribution < -0.4 is 15.8 Å². The van der Waals surface area contributed by atoms with E-state index in [1.807, 2.05) is 5.82 Å².